The Bertz CT molecular complexity index is 388. The molecular weight excluding hydrogens is 184 g/mol. The Morgan fingerprint density at radius 2 is 1.60 bits per heavy atom. The van der Waals surface area contributed by atoms with Gasteiger partial charge in [-0.05, 0) is 25.1 Å². The molecular formula is C13H22N2. The van der Waals surface area contributed by atoms with Crippen LogP contribution in [-0.4, -0.2) is 9.55 Å². The summed E-state index contributed by atoms with van der Waals surface area (Å²) in [6, 6.07) is 6.20. The third-order valence-corrected chi connectivity index (χ3v) is 1.86. The second-order valence-corrected chi connectivity index (χ2v) is 2.79. The number of pyridine rings is 1. The molecule has 0 saturated heterocycles. The van der Waals surface area contributed by atoms with Crippen LogP contribution in [-0.2, 0) is 7.05 Å². The molecule has 0 spiro atoms. The first kappa shape index (κ1) is 13.7. The summed E-state index contributed by atoms with van der Waals surface area (Å²) in [5.74, 6) is 0. The topological polar surface area (TPSA) is 17.8 Å². The molecule has 0 amide bonds. The summed E-state index contributed by atoms with van der Waals surface area (Å²) < 4.78 is 2.03. The zero-order chi connectivity index (χ0) is 11.8. The third kappa shape index (κ3) is 3.39. The predicted molar refractivity (Wildman–Crippen MR) is 68.1 cm³/mol. The van der Waals surface area contributed by atoms with Gasteiger partial charge in [-0.2, -0.15) is 0 Å². The molecule has 2 heterocycles. The minimum Gasteiger partial charge on any atom is -0.336 e. The van der Waals surface area contributed by atoms with Crippen LogP contribution in [0.15, 0.2) is 24.4 Å². The van der Waals surface area contributed by atoms with Gasteiger partial charge in [-0.3, -0.25) is 0 Å². The molecule has 0 aromatic carbocycles. The lowest BCUT2D eigenvalue weighted by Gasteiger charge is -1.95. The lowest BCUT2D eigenvalue weighted by molar-refractivity contribution is 0.943. The van der Waals surface area contributed by atoms with Crippen molar-refractivity contribution in [3.63, 3.8) is 0 Å². The van der Waals surface area contributed by atoms with E-state index in [-0.39, 0.29) is 0 Å². The molecule has 2 aromatic heterocycles. The zero-order valence-corrected chi connectivity index (χ0v) is 10.7. The highest BCUT2D eigenvalue weighted by molar-refractivity contribution is 5.76. The first-order chi connectivity index (χ1) is 7.27. The molecule has 2 aromatic rings. The van der Waals surface area contributed by atoms with Gasteiger partial charge in [0, 0.05) is 24.3 Å². The van der Waals surface area contributed by atoms with Gasteiger partial charge in [0.05, 0.1) is 0 Å². The van der Waals surface area contributed by atoms with Gasteiger partial charge < -0.3 is 4.57 Å². The van der Waals surface area contributed by atoms with Crippen molar-refractivity contribution in [2.75, 3.05) is 0 Å². The van der Waals surface area contributed by atoms with E-state index in [1.54, 1.807) is 0 Å². The van der Waals surface area contributed by atoms with E-state index in [9.17, 15) is 0 Å². The maximum atomic E-state index is 4.40. The van der Waals surface area contributed by atoms with Gasteiger partial charge in [0.2, 0.25) is 0 Å². The molecule has 0 aliphatic rings. The van der Waals surface area contributed by atoms with E-state index in [4.69, 9.17) is 0 Å². The number of nitrogens with zero attached hydrogens (tertiary/aromatic N) is 2. The third-order valence-electron chi connectivity index (χ3n) is 1.86. The minimum atomic E-state index is 1.06. The summed E-state index contributed by atoms with van der Waals surface area (Å²) in [6.07, 6.45) is 2.02. The zero-order valence-electron chi connectivity index (χ0n) is 10.7. The molecule has 2 heteroatoms. The standard InChI is InChI=1S/C9H10N2.2C2H6/c1-7-3-4-8-5-6-11(2)9(8)10-7;2*1-2/h3-6H,1-2H3;2*1-2H3. The van der Waals surface area contributed by atoms with Crippen LogP contribution in [0.4, 0.5) is 0 Å². The largest absolute Gasteiger partial charge is 0.336 e. The Morgan fingerprint density at radius 3 is 2.20 bits per heavy atom. The average Bonchev–Trinajstić information content (AvgIpc) is 2.66. The average molecular weight is 206 g/mol. The molecule has 0 radical (unpaired) electrons. The van der Waals surface area contributed by atoms with Gasteiger partial charge in [0.1, 0.15) is 5.65 Å². The van der Waals surface area contributed by atoms with Crippen molar-refractivity contribution in [3.05, 3.63) is 30.1 Å². The van der Waals surface area contributed by atoms with Crippen LogP contribution in [0.1, 0.15) is 33.4 Å². The second kappa shape index (κ2) is 7.04. The van der Waals surface area contributed by atoms with Crippen molar-refractivity contribution in [2.45, 2.75) is 34.6 Å². The second-order valence-electron chi connectivity index (χ2n) is 2.79. The Morgan fingerprint density at radius 1 is 1.00 bits per heavy atom. The molecule has 2 nitrogen and oxygen atoms in total. The summed E-state index contributed by atoms with van der Waals surface area (Å²) in [7, 11) is 2.01. The SMILES string of the molecule is CC.CC.Cc1ccc2ccn(C)c2n1. The predicted octanol–water partition coefficient (Wildman–Crippen LogP) is 3.93. The van der Waals surface area contributed by atoms with Gasteiger partial charge in [0.25, 0.3) is 0 Å². The first-order valence-corrected chi connectivity index (χ1v) is 5.66. The highest BCUT2D eigenvalue weighted by atomic mass is 15.0. The lowest BCUT2D eigenvalue weighted by atomic mass is 10.3. The van der Waals surface area contributed by atoms with Crippen molar-refractivity contribution in [3.8, 4) is 0 Å². The Kier molecular flexibility index (Phi) is 6.43. The molecule has 0 unspecified atom stereocenters. The fourth-order valence-electron chi connectivity index (χ4n) is 1.23. The number of rotatable bonds is 0. The van der Waals surface area contributed by atoms with Gasteiger partial charge in [-0.1, -0.05) is 27.7 Å². The Labute approximate surface area is 93.0 Å². The Balaban J connectivity index is 0.000000442. The van der Waals surface area contributed by atoms with Crippen LogP contribution >= 0.6 is 0 Å². The summed E-state index contributed by atoms with van der Waals surface area (Å²) >= 11 is 0. The van der Waals surface area contributed by atoms with Gasteiger partial charge in [0.15, 0.2) is 0 Å². The number of aromatic nitrogens is 2. The molecule has 0 N–H and O–H groups in total. The van der Waals surface area contributed by atoms with Crippen LogP contribution < -0.4 is 0 Å². The van der Waals surface area contributed by atoms with Crippen molar-refractivity contribution in [1.29, 1.82) is 0 Å². The fourth-order valence-corrected chi connectivity index (χ4v) is 1.23. The summed E-state index contributed by atoms with van der Waals surface area (Å²) in [5, 5.41) is 1.21. The van der Waals surface area contributed by atoms with Crippen LogP contribution in [0.3, 0.4) is 0 Å². The van der Waals surface area contributed by atoms with E-state index < -0.39 is 0 Å². The molecule has 0 atom stereocenters. The first-order valence-electron chi connectivity index (χ1n) is 5.66. The lowest BCUT2D eigenvalue weighted by Crippen LogP contribution is -1.88. The maximum absolute atomic E-state index is 4.40. The van der Waals surface area contributed by atoms with Crippen LogP contribution in [0.25, 0.3) is 11.0 Å². The smallest absolute Gasteiger partial charge is 0.139 e. The molecule has 2 rings (SSSR count). The van der Waals surface area contributed by atoms with Crippen LogP contribution in [0, 0.1) is 6.92 Å². The molecule has 0 bridgehead atoms. The minimum absolute atomic E-state index is 1.06. The van der Waals surface area contributed by atoms with Crippen molar-refractivity contribution in [2.24, 2.45) is 7.05 Å². The van der Waals surface area contributed by atoms with E-state index in [1.807, 2.05) is 58.5 Å². The van der Waals surface area contributed by atoms with E-state index in [0.29, 0.717) is 0 Å². The maximum Gasteiger partial charge on any atom is 0.139 e. The van der Waals surface area contributed by atoms with Crippen molar-refractivity contribution < 1.29 is 0 Å². The Hall–Kier alpha value is -1.31. The van der Waals surface area contributed by atoms with E-state index in [2.05, 4.69) is 17.1 Å². The van der Waals surface area contributed by atoms with Crippen LogP contribution in [0.2, 0.25) is 0 Å². The van der Waals surface area contributed by atoms with Gasteiger partial charge >= 0.3 is 0 Å². The number of hydrogen-bond donors (Lipinski definition) is 0. The molecule has 0 fully saturated rings. The molecule has 84 valence electrons. The molecule has 0 aliphatic heterocycles. The van der Waals surface area contributed by atoms with Crippen molar-refractivity contribution >= 4 is 11.0 Å². The van der Waals surface area contributed by atoms with Gasteiger partial charge in [-0.25, -0.2) is 4.98 Å². The quantitative estimate of drug-likeness (QED) is 0.638. The highest BCUT2D eigenvalue weighted by Crippen LogP contribution is 2.11. The molecule has 0 saturated carbocycles. The number of fused-ring (bicyclic) bond motifs is 1. The summed E-state index contributed by atoms with van der Waals surface area (Å²) in [6.45, 7) is 10.0. The highest BCUT2D eigenvalue weighted by Gasteiger charge is 1.97. The monoisotopic (exact) mass is 206 g/mol. The molecule has 0 aliphatic carbocycles. The normalized spacial score (nSPS) is 8.67. The van der Waals surface area contributed by atoms with Crippen molar-refractivity contribution in [1.82, 2.24) is 9.55 Å². The summed E-state index contributed by atoms with van der Waals surface area (Å²) in [4.78, 5) is 4.40. The van der Waals surface area contributed by atoms with E-state index in [0.717, 1.165) is 11.3 Å². The fraction of sp³-hybridized carbons (Fsp3) is 0.462. The van der Waals surface area contributed by atoms with E-state index >= 15 is 0 Å². The number of aryl methyl sites for hydroxylation is 2. The number of hydrogen-bond acceptors (Lipinski definition) is 1. The van der Waals surface area contributed by atoms with Crippen LogP contribution in [0.5, 0.6) is 0 Å². The summed E-state index contributed by atoms with van der Waals surface area (Å²) in [5.41, 5.74) is 2.13. The van der Waals surface area contributed by atoms with E-state index in [1.165, 1.54) is 5.39 Å². The van der Waals surface area contributed by atoms with Gasteiger partial charge in [-0.15, -0.1) is 0 Å². The molecule has 15 heavy (non-hydrogen) atoms.